The van der Waals surface area contributed by atoms with Gasteiger partial charge >= 0.3 is 0 Å². The van der Waals surface area contributed by atoms with E-state index >= 15 is 0 Å². The molecule has 0 saturated heterocycles. The van der Waals surface area contributed by atoms with Gasteiger partial charge in [-0.2, -0.15) is 0 Å². The molecule has 0 bridgehead atoms. The molecule has 0 aromatic heterocycles. The Balaban J connectivity index is 1.66. The first-order valence-electron chi connectivity index (χ1n) is 7.20. The molecule has 1 heterocycles. The predicted octanol–water partition coefficient (Wildman–Crippen LogP) is 2.58. The molecule has 1 aliphatic heterocycles. The maximum Gasteiger partial charge on any atom is 0.225 e. The highest BCUT2D eigenvalue weighted by molar-refractivity contribution is 5.81. The van der Waals surface area contributed by atoms with E-state index in [1.54, 1.807) is 0 Å². The summed E-state index contributed by atoms with van der Waals surface area (Å²) >= 11 is 0. The topological polar surface area (TPSA) is 41.1 Å². The van der Waals surface area contributed by atoms with E-state index in [9.17, 15) is 4.79 Å². The molecule has 1 unspecified atom stereocenters. The highest BCUT2D eigenvalue weighted by atomic mass is 16.2. The monoisotopic (exact) mass is 258 g/mol. The summed E-state index contributed by atoms with van der Waals surface area (Å²) in [5.41, 5.74) is 2.37. The van der Waals surface area contributed by atoms with Gasteiger partial charge in [0.2, 0.25) is 5.91 Å². The van der Waals surface area contributed by atoms with Crippen LogP contribution in [0, 0.1) is 11.8 Å². The lowest BCUT2D eigenvalue weighted by molar-refractivity contribution is -0.126. The van der Waals surface area contributed by atoms with Crippen LogP contribution in [0.1, 0.15) is 32.3 Å². The fraction of sp³-hybridized carbons (Fsp3) is 0.562. The van der Waals surface area contributed by atoms with Crippen LogP contribution in [0.5, 0.6) is 0 Å². The van der Waals surface area contributed by atoms with E-state index in [1.807, 2.05) is 12.1 Å². The number of amides is 1. The quantitative estimate of drug-likeness (QED) is 0.875. The number of carbonyl (C=O) groups is 1. The van der Waals surface area contributed by atoms with Gasteiger partial charge in [-0.1, -0.05) is 18.2 Å². The molecular weight excluding hydrogens is 236 g/mol. The third-order valence-electron chi connectivity index (χ3n) is 4.44. The van der Waals surface area contributed by atoms with Gasteiger partial charge in [0, 0.05) is 17.8 Å². The minimum Gasteiger partial charge on any atom is -0.384 e. The van der Waals surface area contributed by atoms with E-state index in [2.05, 4.69) is 36.6 Å². The number of benzene rings is 1. The molecule has 3 heteroatoms. The van der Waals surface area contributed by atoms with Gasteiger partial charge < -0.3 is 10.6 Å². The van der Waals surface area contributed by atoms with Crippen molar-refractivity contribution in [2.24, 2.45) is 11.8 Å². The second-order valence-corrected chi connectivity index (χ2v) is 6.42. The van der Waals surface area contributed by atoms with Crippen molar-refractivity contribution in [2.45, 2.75) is 38.6 Å². The normalized spacial score (nSPS) is 22.3. The summed E-state index contributed by atoms with van der Waals surface area (Å²) in [6.07, 6.45) is 3.34. The maximum atomic E-state index is 12.4. The SMILES string of the molecule is CC(C)(NC(=O)C1CNc2ccccc2C1)C1CC1. The largest absolute Gasteiger partial charge is 0.384 e. The van der Waals surface area contributed by atoms with Crippen LogP contribution < -0.4 is 10.6 Å². The van der Waals surface area contributed by atoms with E-state index in [0.717, 1.165) is 13.0 Å². The van der Waals surface area contributed by atoms with Crippen LogP contribution in [0.4, 0.5) is 5.69 Å². The van der Waals surface area contributed by atoms with Gasteiger partial charge in [-0.05, 0) is 50.7 Å². The smallest absolute Gasteiger partial charge is 0.225 e. The first-order valence-corrected chi connectivity index (χ1v) is 7.20. The number of fused-ring (bicyclic) bond motifs is 1. The number of hydrogen-bond donors (Lipinski definition) is 2. The summed E-state index contributed by atoms with van der Waals surface area (Å²) < 4.78 is 0. The van der Waals surface area contributed by atoms with Gasteiger partial charge in [0.1, 0.15) is 0 Å². The second kappa shape index (κ2) is 4.55. The van der Waals surface area contributed by atoms with Gasteiger partial charge in [0.05, 0.1) is 5.92 Å². The third-order valence-corrected chi connectivity index (χ3v) is 4.44. The average molecular weight is 258 g/mol. The zero-order valence-electron chi connectivity index (χ0n) is 11.7. The number of para-hydroxylation sites is 1. The van der Waals surface area contributed by atoms with Crippen molar-refractivity contribution in [2.75, 3.05) is 11.9 Å². The first-order chi connectivity index (χ1) is 9.06. The van der Waals surface area contributed by atoms with Crippen molar-refractivity contribution in [1.82, 2.24) is 5.32 Å². The van der Waals surface area contributed by atoms with Crippen LogP contribution in [0.3, 0.4) is 0 Å². The Morgan fingerprint density at radius 2 is 2.05 bits per heavy atom. The Kier molecular flexibility index (Phi) is 3.00. The van der Waals surface area contributed by atoms with E-state index in [-0.39, 0.29) is 17.4 Å². The van der Waals surface area contributed by atoms with Crippen molar-refractivity contribution < 1.29 is 4.79 Å². The molecule has 1 amide bonds. The Morgan fingerprint density at radius 3 is 2.79 bits per heavy atom. The highest BCUT2D eigenvalue weighted by Gasteiger charge is 2.40. The summed E-state index contributed by atoms with van der Waals surface area (Å²) in [5.74, 6) is 0.909. The lowest BCUT2D eigenvalue weighted by Gasteiger charge is -2.31. The van der Waals surface area contributed by atoms with Gasteiger partial charge in [0.25, 0.3) is 0 Å². The third kappa shape index (κ3) is 2.60. The van der Waals surface area contributed by atoms with Crippen molar-refractivity contribution in [3.8, 4) is 0 Å². The maximum absolute atomic E-state index is 12.4. The first kappa shape index (κ1) is 12.5. The minimum absolute atomic E-state index is 0.0476. The fourth-order valence-electron chi connectivity index (χ4n) is 2.95. The van der Waals surface area contributed by atoms with Crippen molar-refractivity contribution in [3.63, 3.8) is 0 Å². The number of nitrogens with one attached hydrogen (secondary N) is 2. The van der Waals surface area contributed by atoms with Crippen LogP contribution in [-0.2, 0) is 11.2 Å². The van der Waals surface area contributed by atoms with E-state index < -0.39 is 0 Å². The molecule has 1 aliphatic carbocycles. The molecule has 1 aromatic carbocycles. The number of rotatable bonds is 3. The molecule has 3 rings (SSSR count). The van der Waals surface area contributed by atoms with Crippen LogP contribution in [-0.4, -0.2) is 18.0 Å². The number of anilines is 1. The predicted molar refractivity (Wildman–Crippen MR) is 77.1 cm³/mol. The summed E-state index contributed by atoms with van der Waals surface area (Å²) in [6, 6.07) is 8.25. The Morgan fingerprint density at radius 1 is 1.32 bits per heavy atom. The van der Waals surface area contributed by atoms with Crippen LogP contribution in [0.2, 0.25) is 0 Å². The van der Waals surface area contributed by atoms with E-state index in [4.69, 9.17) is 0 Å². The molecule has 0 spiro atoms. The van der Waals surface area contributed by atoms with Crippen molar-refractivity contribution in [1.29, 1.82) is 0 Å². The van der Waals surface area contributed by atoms with Crippen LogP contribution >= 0.6 is 0 Å². The Bertz CT molecular complexity index is 491. The molecule has 1 atom stereocenters. The molecule has 1 aromatic rings. The van der Waals surface area contributed by atoms with Gasteiger partial charge in [-0.15, -0.1) is 0 Å². The molecular formula is C16H22N2O. The molecule has 2 N–H and O–H groups in total. The lowest BCUT2D eigenvalue weighted by Crippen LogP contribution is -2.49. The highest BCUT2D eigenvalue weighted by Crippen LogP contribution is 2.39. The average Bonchev–Trinajstić information content (AvgIpc) is 3.22. The standard InChI is InChI=1S/C16H22N2O/c1-16(2,13-7-8-13)18-15(19)12-9-11-5-3-4-6-14(11)17-10-12/h3-6,12-13,17H,7-10H2,1-2H3,(H,18,19). The molecule has 19 heavy (non-hydrogen) atoms. The number of hydrogen-bond acceptors (Lipinski definition) is 2. The molecule has 1 fully saturated rings. The summed E-state index contributed by atoms with van der Waals surface area (Å²) in [6.45, 7) is 5.03. The van der Waals surface area contributed by atoms with Gasteiger partial charge in [-0.25, -0.2) is 0 Å². The fourth-order valence-corrected chi connectivity index (χ4v) is 2.95. The zero-order valence-corrected chi connectivity index (χ0v) is 11.7. The second-order valence-electron chi connectivity index (χ2n) is 6.42. The summed E-state index contributed by atoms with van der Waals surface area (Å²) in [7, 11) is 0. The molecule has 0 radical (unpaired) electrons. The summed E-state index contributed by atoms with van der Waals surface area (Å²) in [5, 5.41) is 6.60. The van der Waals surface area contributed by atoms with Crippen molar-refractivity contribution in [3.05, 3.63) is 29.8 Å². The minimum atomic E-state index is -0.0476. The van der Waals surface area contributed by atoms with Crippen LogP contribution in [0.15, 0.2) is 24.3 Å². The Labute approximate surface area is 114 Å². The van der Waals surface area contributed by atoms with Crippen LogP contribution in [0.25, 0.3) is 0 Å². The molecule has 2 aliphatic rings. The van der Waals surface area contributed by atoms with Gasteiger partial charge in [-0.3, -0.25) is 4.79 Å². The molecule has 3 nitrogen and oxygen atoms in total. The molecule has 1 saturated carbocycles. The molecule has 102 valence electrons. The van der Waals surface area contributed by atoms with Gasteiger partial charge in [0.15, 0.2) is 0 Å². The number of carbonyl (C=O) groups excluding carboxylic acids is 1. The Hall–Kier alpha value is -1.51. The van der Waals surface area contributed by atoms with E-state index in [0.29, 0.717) is 5.92 Å². The summed E-state index contributed by atoms with van der Waals surface area (Å²) in [4.78, 5) is 12.4. The van der Waals surface area contributed by atoms with E-state index in [1.165, 1.54) is 24.1 Å². The lowest BCUT2D eigenvalue weighted by atomic mass is 9.91. The zero-order chi connectivity index (χ0) is 13.5. The van der Waals surface area contributed by atoms with Crippen molar-refractivity contribution >= 4 is 11.6 Å².